The zero-order valence-electron chi connectivity index (χ0n) is 13.7. The quantitative estimate of drug-likeness (QED) is 0.723. The minimum absolute atomic E-state index is 0.0374. The normalized spacial score (nSPS) is 10.8. The number of benzene rings is 1. The number of aromatic nitrogens is 2. The lowest BCUT2D eigenvalue weighted by atomic mass is 10.1. The summed E-state index contributed by atoms with van der Waals surface area (Å²) >= 11 is 1.58. The van der Waals surface area contributed by atoms with Crippen molar-refractivity contribution in [1.82, 2.24) is 9.97 Å². The van der Waals surface area contributed by atoms with Crippen molar-refractivity contribution in [2.75, 3.05) is 5.32 Å². The van der Waals surface area contributed by atoms with E-state index in [0.29, 0.717) is 23.9 Å². The predicted octanol–water partition coefficient (Wildman–Crippen LogP) is 4.86. The molecule has 2 aromatic heterocycles. The molecule has 0 saturated heterocycles. The van der Waals surface area contributed by atoms with E-state index in [1.54, 1.807) is 17.5 Å². The standard InChI is InChI=1S/C19H19N3OS/c1-13(2)11-17(23)22-19-18(16-9-6-10-24-16)21-15(12-20-19)14-7-4-3-5-8-14/h3-10,12-13H,11H2,1-2H3,(H,20,22,23). The maximum absolute atomic E-state index is 12.1. The van der Waals surface area contributed by atoms with Gasteiger partial charge in [0, 0.05) is 12.0 Å². The second-order valence-electron chi connectivity index (χ2n) is 5.94. The van der Waals surface area contributed by atoms with Gasteiger partial charge in [-0.2, -0.15) is 0 Å². The number of carbonyl (C=O) groups excluding carboxylic acids is 1. The fraction of sp³-hybridized carbons (Fsp3) is 0.211. The summed E-state index contributed by atoms with van der Waals surface area (Å²) in [4.78, 5) is 22.3. The Kier molecular flexibility index (Phi) is 5.01. The van der Waals surface area contributed by atoms with E-state index >= 15 is 0 Å². The molecule has 0 aliphatic heterocycles. The van der Waals surface area contributed by atoms with Crippen molar-refractivity contribution < 1.29 is 4.79 Å². The molecular weight excluding hydrogens is 318 g/mol. The lowest BCUT2D eigenvalue weighted by Crippen LogP contribution is -2.16. The third-order valence-electron chi connectivity index (χ3n) is 3.45. The highest BCUT2D eigenvalue weighted by Gasteiger charge is 2.15. The number of nitrogens with zero attached hydrogens (tertiary/aromatic N) is 2. The van der Waals surface area contributed by atoms with Gasteiger partial charge in [0.2, 0.25) is 5.91 Å². The summed E-state index contributed by atoms with van der Waals surface area (Å²) in [6, 6.07) is 13.9. The van der Waals surface area contributed by atoms with Crippen LogP contribution >= 0.6 is 11.3 Å². The van der Waals surface area contributed by atoms with E-state index in [1.165, 1.54) is 0 Å². The van der Waals surface area contributed by atoms with Gasteiger partial charge in [-0.1, -0.05) is 50.2 Å². The average Bonchev–Trinajstić information content (AvgIpc) is 3.09. The van der Waals surface area contributed by atoms with Crippen LogP contribution in [-0.4, -0.2) is 15.9 Å². The number of rotatable bonds is 5. The number of amides is 1. The molecule has 1 aromatic carbocycles. The monoisotopic (exact) mass is 337 g/mol. The third-order valence-corrected chi connectivity index (χ3v) is 4.32. The molecular formula is C19H19N3OS. The van der Waals surface area contributed by atoms with Gasteiger partial charge >= 0.3 is 0 Å². The molecule has 0 fully saturated rings. The van der Waals surface area contributed by atoms with Crippen LogP contribution in [0.25, 0.3) is 21.8 Å². The second-order valence-corrected chi connectivity index (χ2v) is 6.89. The summed E-state index contributed by atoms with van der Waals surface area (Å²) in [5.74, 6) is 0.777. The van der Waals surface area contributed by atoms with Crippen molar-refractivity contribution in [3.63, 3.8) is 0 Å². The van der Waals surface area contributed by atoms with Crippen molar-refractivity contribution in [3.05, 3.63) is 54.0 Å². The molecule has 0 atom stereocenters. The molecule has 0 radical (unpaired) electrons. The molecule has 0 unspecified atom stereocenters. The Balaban J connectivity index is 1.98. The van der Waals surface area contributed by atoms with Crippen LogP contribution in [0, 0.1) is 5.92 Å². The highest BCUT2D eigenvalue weighted by atomic mass is 32.1. The van der Waals surface area contributed by atoms with Gasteiger partial charge in [-0.25, -0.2) is 9.97 Å². The molecule has 2 heterocycles. The summed E-state index contributed by atoms with van der Waals surface area (Å²) in [6.45, 7) is 4.04. The molecule has 5 heteroatoms. The summed E-state index contributed by atoms with van der Waals surface area (Å²) in [5, 5.41) is 4.89. The largest absolute Gasteiger partial charge is 0.309 e. The summed E-state index contributed by atoms with van der Waals surface area (Å²) in [5.41, 5.74) is 2.51. The van der Waals surface area contributed by atoms with Crippen LogP contribution in [0.4, 0.5) is 5.82 Å². The van der Waals surface area contributed by atoms with E-state index in [2.05, 4.69) is 10.3 Å². The zero-order chi connectivity index (χ0) is 16.9. The lowest BCUT2D eigenvalue weighted by molar-refractivity contribution is -0.116. The van der Waals surface area contributed by atoms with Gasteiger partial charge in [0.05, 0.1) is 16.8 Å². The van der Waals surface area contributed by atoms with Crippen molar-refractivity contribution in [2.24, 2.45) is 5.92 Å². The first-order valence-electron chi connectivity index (χ1n) is 7.89. The highest BCUT2D eigenvalue weighted by Crippen LogP contribution is 2.30. The summed E-state index contributed by atoms with van der Waals surface area (Å²) < 4.78 is 0. The number of carbonyl (C=O) groups is 1. The molecule has 0 aliphatic rings. The van der Waals surface area contributed by atoms with Crippen LogP contribution in [0.5, 0.6) is 0 Å². The van der Waals surface area contributed by atoms with Crippen LogP contribution in [-0.2, 0) is 4.79 Å². The Hall–Kier alpha value is -2.53. The van der Waals surface area contributed by atoms with E-state index < -0.39 is 0 Å². The Morgan fingerprint density at radius 2 is 1.96 bits per heavy atom. The van der Waals surface area contributed by atoms with Gasteiger partial charge in [-0.3, -0.25) is 4.79 Å². The fourth-order valence-electron chi connectivity index (χ4n) is 2.37. The van der Waals surface area contributed by atoms with Gasteiger partial charge in [0.1, 0.15) is 5.69 Å². The molecule has 4 nitrogen and oxygen atoms in total. The Morgan fingerprint density at radius 1 is 1.17 bits per heavy atom. The topological polar surface area (TPSA) is 54.9 Å². The lowest BCUT2D eigenvalue weighted by Gasteiger charge is -2.11. The van der Waals surface area contributed by atoms with Gasteiger partial charge in [-0.05, 0) is 17.4 Å². The van der Waals surface area contributed by atoms with E-state index in [9.17, 15) is 4.79 Å². The maximum Gasteiger partial charge on any atom is 0.225 e. The Bertz CT molecular complexity index is 814. The van der Waals surface area contributed by atoms with Gasteiger partial charge in [0.25, 0.3) is 0 Å². The molecule has 0 aliphatic carbocycles. The number of hydrogen-bond donors (Lipinski definition) is 1. The zero-order valence-corrected chi connectivity index (χ0v) is 14.5. The van der Waals surface area contributed by atoms with Gasteiger partial charge in [0.15, 0.2) is 5.82 Å². The van der Waals surface area contributed by atoms with Gasteiger partial charge in [-0.15, -0.1) is 11.3 Å². The Labute approximate surface area is 145 Å². The number of thiophene rings is 1. The van der Waals surface area contributed by atoms with Crippen molar-refractivity contribution in [2.45, 2.75) is 20.3 Å². The molecule has 1 amide bonds. The maximum atomic E-state index is 12.1. The van der Waals surface area contributed by atoms with Crippen molar-refractivity contribution in [3.8, 4) is 21.8 Å². The Morgan fingerprint density at radius 3 is 2.62 bits per heavy atom. The summed E-state index contributed by atoms with van der Waals surface area (Å²) in [7, 11) is 0. The summed E-state index contributed by atoms with van der Waals surface area (Å²) in [6.07, 6.45) is 2.17. The molecule has 3 aromatic rings. The first-order chi connectivity index (χ1) is 11.6. The first kappa shape index (κ1) is 16.3. The molecule has 122 valence electrons. The van der Waals surface area contributed by atoms with E-state index in [4.69, 9.17) is 4.98 Å². The van der Waals surface area contributed by atoms with E-state index in [1.807, 2.05) is 61.7 Å². The average molecular weight is 337 g/mol. The van der Waals surface area contributed by atoms with Gasteiger partial charge < -0.3 is 5.32 Å². The van der Waals surface area contributed by atoms with Crippen LogP contribution in [0.2, 0.25) is 0 Å². The highest BCUT2D eigenvalue weighted by molar-refractivity contribution is 7.13. The second kappa shape index (κ2) is 7.36. The third kappa shape index (κ3) is 3.86. The van der Waals surface area contributed by atoms with Crippen LogP contribution in [0.15, 0.2) is 54.0 Å². The van der Waals surface area contributed by atoms with Crippen molar-refractivity contribution >= 4 is 23.1 Å². The number of nitrogens with one attached hydrogen (secondary N) is 1. The van der Waals surface area contributed by atoms with E-state index in [-0.39, 0.29) is 5.91 Å². The molecule has 3 rings (SSSR count). The molecule has 0 spiro atoms. The van der Waals surface area contributed by atoms with Crippen LogP contribution in [0.3, 0.4) is 0 Å². The fourth-order valence-corrected chi connectivity index (χ4v) is 3.08. The molecule has 1 N–H and O–H groups in total. The minimum atomic E-state index is -0.0374. The SMILES string of the molecule is CC(C)CC(=O)Nc1ncc(-c2ccccc2)nc1-c1cccs1. The predicted molar refractivity (Wildman–Crippen MR) is 98.9 cm³/mol. The molecule has 24 heavy (non-hydrogen) atoms. The van der Waals surface area contributed by atoms with E-state index in [0.717, 1.165) is 16.1 Å². The number of hydrogen-bond acceptors (Lipinski definition) is 4. The number of anilines is 1. The molecule has 0 saturated carbocycles. The minimum Gasteiger partial charge on any atom is -0.309 e. The first-order valence-corrected chi connectivity index (χ1v) is 8.77. The molecule has 0 bridgehead atoms. The van der Waals surface area contributed by atoms with Crippen LogP contribution in [0.1, 0.15) is 20.3 Å². The van der Waals surface area contributed by atoms with Crippen LogP contribution < -0.4 is 5.32 Å². The van der Waals surface area contributed by atoms with Crippen molar-refractivity contribution in [1.29, 1.82) is 0 Å². The smallest absolute Gasteiger partial charge is 0.225 e.